The van der Waals surface area contributed by atoms with Crippen molar-refractivity contribution in [3.05, 3.63) is 27.2 Å². The molecule has 0 amide bonds. The monoisotopic (exact) mass is 371 g/mol. The number of hydrogen-bond acceptors (Lipinski definition) is 2. The lowest BCUT2D eigenvalue weighted by Gasteiger charge is -2.15. The van der Waals surface area contributed by atoms with Gasteiger partial charge in [-0.25, -0.2) is 13.1 Å². The van der Waals surface area contributed by atoms with E-state index in [0.29, 0.717) is 0 Å². The maximum absolute atomic E-state index is 12.3. The molecule has 0 fully saturated rings. The van der Waals surface area contributed by atoms with Crippen LogP contribution in [0.2, 0.25) is 15.1 Å². The molecule has 1 aromatic rings. The van der Waals surface area contributed by atoms with E-state index in [0.717, 1.165) is 32.1 Å². The normalized spacial score (nSPS) is 13.4. The first-order valence-electron chi connectivity index (χ1n) is 6.94. The summed E-state index contributed by atoms with van der Waals surface area (Å²) in [6.45, 7) is 3.98. The molecule has 120 valence electrons. The second kappa shape index (κ2) is 8.59. The lowest BCUT2D eigenvalue weighted by atomic mass is 10.1. The summed E-state index contributed by atoms with van der Waals surface area (Å²) in [5.41, 5.74) is 0. The number of halogens is 3. The van der Waals surface area contributed by atoms with Gasteiger partial charge in [0.1, 0.15) is 4.90 Å². The second-order valence-electron chi connectivity index (χ2n) is 5.07. The van der Waals surface area contributed by atoms with Gasteiger partial charge in [0.05, 0.1) is 15.1 Å². The van der Waals surface area contributed by atoms with Gasteiger partial charge in [0.2, 0.25) is 10.0 Å². The third kappa shape index (κ3) is 5.95. The van der Waals surface area contributed by atoms with Crippen molar-refractivity contribution in [2.45, 2.75) is 56.9 Å². The third-order valence-corrected chi connectivity index (χ3v) is 5.89. The summed E-state index contributed by atoms with van der Waals surface area (Å²) in [4.78, 5) is -0.0426. The van der Waals surface area contributed by atoms with E-state index < -0.39 is 10.0 Å². The summed E-state index contributed by atoms with van der Waals surface area (Å²) in [6, 6.07) is 2.46. The first-order valence-corrected chi connectivity index (χ1v) is 9.56. The summed E-state index contributed by atoms with van der Waals surface area (Å²) in [6.07, 6.45) is 5.21. The van der Waals surface area contributed by atoms with Gasteiger partial charge < -0.3 is 0 Å². The van der Waals surface area contributed by atoms with E-state index in [2.05, 4.69) is 11.6 Å². The molecule has 1 unspecified atom stereocenters. The van der Waals surface area contributed by atoms with Gasteiger partial charge in [0.25, 0.3) is 0 Å². The second-order valence-corrected chi connectivity index (χ2v) is 7.97. The lowest BCUT2D eigenvalue weighted by molar-refractivity contribution is 0.522. The molecule has 3 nitrogen and oxygen atoms in total. The number of nitrogens with one attached hydrogen (secondary N) is 1. The zero-order valence-electron chi connectivity index (χ0n) is 12.1. The van der Waals surface area contributed by atoms with Crippen LogP contribution in [0.4, 0.5) is 0 Å². The zero-order valence-corrected chi connectivity index (χ0v) is 15.2. The molecule has 1 atom stereocenters. The number of benzene rings is 1. The smallest absolute Gasteiger partial charge is 0.208 e. The summed E-state index contributed by atoms with van der Waals surface area (Å²) in [5.74, 6) is 0. The molecule has 7 heteroatoms. The Bertz CT molecular complexity index is 576. The highest BCUT2D eigenvalue weighted by Gasteiger charge is 2.21. The number of sulfonamides is 1. The van der Waals surface area contributed by atoms with Crippen molar-refractivity contribution in [3.8, 4) is 0 Å². The van der Waals surface area contributed by atoms with Crippen LogP contribution < -0.4 is 4.72 Å². The van der Waals surface area contributed by atoms with Gasteiger partial charge in [0, 0.05) is 6.04 Å². The fourth-order valence-corrected chi connectivity index (χ4v) is 4.25. The minimum Gasteiger partial charge on any atom is -0.208 e. The molecule has 0 bridgehead atoms. The van der Waals surface area contributed by atoms with Crippen LogP contribution in [0.15, 0.2) is 17.0 Å². The Labute approximate surface area is 142 Å². The molecule has 1 aromatic carbocycles. The van der Waals surface area contributed by atoms with E-state index in [1.54, 1.807) is 0 Å². The summed E-state index contributed by atoms with van der Waals surface area (Å²) >= 11 is 17.6. The fraction of sp³-hybridized carbons (Fsp3) is 0.571. The Hall–Kier alpha value is -0.000000000000000111. The van der Waals surface area contributed by atoms with E-state index in [1.807, 2.05) is 6.92 Å². The van der Waals surface area contributed by atoms with E-state index in [-0.39, 0.29) is 26.0 Å². The quantitative estimate of drug-likeness (QED) is 0.498. The van der Waals surface area contributed by atoms with Crippen molar-refractivity contribution in [1.29, 1.82) is 0 Å². The van der Waals surface area contributed by atoms with Crippen molar-refractivity contribution in [2.75, 3.05) is 0 Å². The summed E-state index contributed by atoms with van der Waals surface area (Å²) < 4.78 is 27.3. The van der Waals surface area contributed by atoms with Gasteiger partial charge in [-0.05, 0) is 25.5 Å². The molecule has 0 aliphatic carbocycles. The highest BCUT2D eigenvalue weighted by atomic mass is 35.5. The molecule has 0 aromatic heterocycles. The minimum absolute atomic E-state index is 0.0426. The van der Waals surface area contributed by atoms with Crippen LogP contribution in [0.1, 0.15) is 46.0 Å². The molecule has 0 heterocycles. The lowest BCUT2D eigenvalue weighted by Crippen LogP contribution is -2.32. The predicted molar refractivity (Wildman–Crippen MR) is 90.0 cm³/mol. The predicted octanol–water partition coefficient (Wildman–Crippen LogP) is 5.28. The number of unbranched alkanes of at least 4 members (excludes halogenated alkanes) is 3. The van der Waals surface area contributed by atoms with Gasteiger partial charge >= 0.3 is 0 Å². The minimum atomic E-state index is -3.70. The van der Waals surface area contributed by atoms with Crippen LogP contribution in [0.5, 0.6) is 0 Å². The average Bonchev–Trinajstić information content (AvgIpc) is 2.38. The molecular formula is C14H20Cl3NO2S. The van der Waals surface area contributed by atoms with Gasteiger partial charge in [0.15, 0.2) is 0 Å². The molecule has 0 saturated heterocycles. The maximum atomic E-state index is 12.3. The first kappa shape index (κ1) is 19.0. The average molecular weight is 373 g/mol. The molecular weight excluding hydrogens is 353 g/mol. The Kier molecular flexibility index (Phi) is 7.79. The first-order chi connectivity index (χ1) is 9.77. The van der Waals surface area contributed by atoms with E-state index in [1.165, 1.54) is 12.1 Å². The van der Waals surface area contributed by atoms with E-state index in [9.17, 15) is 8.42 Å². The van der Waals surface area contributed by atoms with Crippen LogP contribution >= 0.6 is 34.8 Å². The van der Waals surface area contributed by atoms with Crippen molar-refractivity contribution in [3.63, 3.8) is 0 Å². The van der Waals surface area contributed by atoms with Crippen molar-refractivity contribution >= 4 is 44.8 Å². The SMILES string of the molecule is CCCCCCC(C)NS(=O)(=O)c1cc(Cl)c(Cl)cc1Cl. The zero-order chi connectivity index (χ0) is 16.0. The number of rotatable bonds is 8. The van der Waals surface area contributed by atoms with Crippen LogP contribution in [-0.2, 0) is 10.0 Å². The molecule has 0 aliphatic rings. The Morgan fingerprint density at radius 2 is 1.67 bits per heavy atom. The van der Waals surface area contributed by atoms with Crippen LogP contribution in [0.3, 0.4) is 0 Å². The molecule has 0 radical (unpaired) electrons. The molecule has 0 spiro atoms. The van der Waals surface area contributed by atoms with Crippen LogP contribution in [0.25, 0.3) is 0 Å². The van der Waals surface area contributed by atoms with E-state index in [4.69, 9.17) is 34.8 Å². The summed E-state index contributed by atoms with van der Waals surface area (Å²) in [5, 5.41) is 0.459. The largest absolute Gasteiger partial charge is 0.242 e. The summed E-state index contributed by atoms with van der Waals surface area (Å²) in [7, 11) is -3.70. The molecule has 1 N–H and O–H groups in total. The van der Waals surface area contributed by atoms with Crippen LogP contribution in [-0.4, -0.2) is 14.5 Å². The Morgan fingerprint density at radius 3 is 2.29 bits per heavy atom. The van der Waals surface area contributed by atoms with Gasteiger partial charge in [-0.3, -0.25) is 0 Å². The molecule has 1 rings (SSSR count). The highest BCUT2D eigenvalue weighted by Crippen LogP contribution is 2.31. The highest BCUT2D eigenvalue weighted by molar-refractivity contribution is 7.89. The molecule has 0 aliphatic heterocycles. The van der Waals surface area contributed by atoms with Gasteiger partial charge in [-0.2, -0.15) is 0 Å². The number of hydrogen-bond donors (Lipinski definition) is 1. The van der Waals surface area contributed by atoms with Crippen molar-refractivity contribution in [2.24, 2.45) is 0 Å². The van der Waals surface area contributed by atoms with Crippen molar-refractivity contribution in [1.82, 2.24) is 4.72 Å². The van der Waals surface area contributed by atoms with Gasteiger partial charge in [-0.15, -0.1) is 0 Å². The molecule has 0 saturated carbocycles. The van der Waals surface area contributed by atoms with E-state index >= 15 is 0 Å². The Morgan fingerprint density at radius 1 is 1.05 bits per heavy atom. The Balaban J connectivity index is 2.75. The fourth-order valence-electron chi connectivity index (χ4n) is 1.97. The third-order valence-electron chi connectivity index (χ3n) is 3.11. The van der Waals surface area contributed by atoms with Crippen LogP contribution in [0, 0.1) is 0 Å². The van der Waals surface area contributed by atoms with Gasteiger partial charge in [-0.1, -0.05) is 67.4 Å². The van der Waals surface area contributed by atoms with Crippen molar-refractivity contribution < 1.29 is 8.42 Å². The topological polar surface area (TPSA) is 46.2 Å². The standard InChI is InChI=1S/C14H20Cl3NO2S/c1-3-4-5-6-7-10(2)18-21(19,20)14-9-12(16)11(15)8-13(14)17/h8-10,18H,3-7H2,1-2H3. The molecule has 21 heavy (non-hydrogen) atoms. The maximum Gasteiger partial charge on any atom is 0.242 e.